The predicted octanol–water partition coefficient (Wildman–Crippen LogP) is 4.59. The van der Waals surface area contributed by atoms with Gasteiger partial charge in [-0.25, -0.2) is 5.43 Å². The van der Waals surface area contributed by atoms with Crippen molar-refractivity contribution in [1.29, 1.82) is 0 Å². The lowest BCUT2D eigenvalue weighted by atomic mass is 10.0. The lowest BCUT2D eigenvalue weighted by molar-refractivity contribution is 0.0955. The zero-order chi connectivity index (χ0) is 17.6. The highest BCUT2D eigenvalue weighted by Crippen LogP contribution is 2.20. The molecule has 0 aliphatic carbocycles. The standard InChI is InChI=1S/C20H15BrN2O2/c21-18-10-11-19(24)17(12-18)13-22-23-20(25)16-8-6-15(7-9-16)14-4-2-1-3-5-14/h1-13,24H,(H,23,25)/b22-13-. The number of hydrogen-bond donors (Lipinski definition) is 2. The average molecular weight is 395 g/mol. The molecule has 4 nitrogen and oxygen atoms in total. The molecule has 0 saturated heterocycles. The van der Waals surface area contributed by atoms with E-state index in [0.29, 0.717) is 11.1 Å². The van der Waals surface area contributed by atoms with Gasteiger partial charge in [0.2, 0.25) is 0 Å². The van der Waals surface area contributed by atoms with Crippen LogP contribution in [0.5, 0.6) is 5.75 Å². The minimum atomic E-state index is -0.314. The van der Waals surface area contributed by atoms with Crippen LogP contribution < -0.4 is 5.43 Å². The Bertz CT molecular complexity index is 907. The normalized spacial score (nSPS) is 10.8. The first-order chi connectivity index (χ1) is 12.1. The number of phenols is 1. The number of benzene rings is 3. The van der Waals surface area contributed by atoms with Crippen LogP contribution in [0, 0.1) is 0 Å². The minimum Gasteiger partial charge on any atom is -0.507 e. The summed E-state index contributed by atoms with van der Waals surface area (Å²) in [5.41, 5.74) is 5.61. The second-order valence-electron chi connectivity index (χ2n) is 5.35. The number of rotatable bonds is 4. The summed E-state index contributed by atoms with van der Waals surface area (Å²) in [5, 5.41) is 13.6. The first-order valence-corrected chi connectivity index (χ1v) is 8.40. The fourth-order valence-electron chi connectivity index (χ4n) is 2.30. The average Bonchev–Trinajstić information content (AvgIpc) is 2.65. The van der Waals surface area contributed by atoms with Gasteiger partial charge in [-0.2, -0.15) is 5.10 Å². The Morgan fingerprint density at radius 1 is 0.960 bits per heavy atom. The van der Waals surface area contributed by atoms with Crippen LogP contribution in [0.15, 0.2) is 82.4 Å². The molecule has 25 heavy (non-hydrogen) atoms. The van der Waals surface area contributed by atoms with Crippen molar-refractivity contribution in [2.45, 2.75) is 0 Å². The van der Waals surface area contributed by atoms with Gasteiger partial charge in [0, 0.05) is 15.6 Å². The van der Waals surface area contributed by atoms with Crippen molar-refractivity contribution in [2.75, 3.05) is 0 Å². The molecule has 0 heterocycles. The van der Waals surface area contributed by atoms with E-state index in [2.05, 4.69) is 26.5 Å². The van der Waals surface area contributed by atoms with E-state index in [1.54, 1.807) is 30.3 Å². The summed E-state index contributed by atoms with van der Waals surface area (Å²) in [5.74, 6) is -0.223. The van der Waals surface area contributed by atoms with E-state index < -0.39 is 0 Å². The number of carbonyl (C=O) groups excluding carboxylic acids is 1. The number of aromatic hydroxyl groups is 1. The summed E-state index contributed by atoms with van der Waals surface area (Å²) in [4.78, 5) is 12.1. The van der Waals surface area contributed by atoms with Gasteiger partial charge >= 0.3 is 0 Å². The molecule has 0 atom stereocenters. The van der Waals surface area contributed by atoms with E-state index in [1.165, 1.54) is 6.21 Å². The molecule has 0 radical (unpaired) electrons. The monoisotopic (exact) mass is 394 g/mol. The number of amides is 1. The molecule has 2 N–H and O–H groups in total. The summed E-state index contributed by atoms with van der Waals surface area (Å²) >= 11 is 3.32. The Hall–Kier alpha value is -2.92. The largest absolute Gasteiger partial charge is 0.507 e. The topological polar surface area (TPSA) is 61.7 Å². The van der Waals surface area contributed by atoms with Gasteiger partial charge in [-0.15, -0.1) is 0 Å². The van der Waals surface area contributed by atoms with Crippen LogP contribution >= 0.6 is 15.9 Å². The number of hydrazone groups is 1. The van der Waals surface area contributed by atoms with Gasteiger partial charge in [0.25, 0.3) is 5.91 Å². The van der Waals surface area contributed by atoms with E-state index in [0.717, 1.165) is 15.6 Å². The summed E-state index contributed by atoms with van der Waals surface area (Å²) in [6.45, 7) is 0. The van der Waals surface area contributed by atoms with E-state index in [9.17, 15) is 9.90 Å². The quantitative estimate of drug-likeness (QED) is 0.502. The lowest BCUT2D eigenvalue weighted by Crippen LogP contribution is -2.17. The maximum atomic E-state index is 12.1. The molecule has 5 heteroatoms. The smallest absolute Gasteiger partial charge is 0.271 e. The number of hydrogen-bond acceptors (Lipinski definition) is 3. The zero-order valence-corrected chi connectivity index (χ0v) is 14.8. The third-order valence-corrected chi connectivity index (χ3v) is 4.11. The molecule has 0 spiro atoms. The second-order valence-corrected chi connectivity index (χ2v) is 6.26. The van der Waals surface area contributed by atoms with Gasteiger partial charge in [0.05, 0.1) is 6.21 Å². The molecule has 0 aliphatic heterocycles. The molecule has 3 aromatic carbocycles. The van der Waals surface area contributed by atoms with E-state index >= 15 is 0 Å². The highest BCUT2D eigenvalue weighted by Gasteiger charge is 2.05. The molecule has 0 bridgehead atoms. The number of nitrogens with zero attached hydrogens (tertiary/aromatic N) is 1. The van der Waals surface area contributed by atoms with Crippen molar-refractivity contribution < 1.29 is 9.90 Å². The van der Waals surface area contributed by atoms with Crippen LogP contribution in [0.4, 0.5) is 0 Å². The van der Waals surface area contributed by atoms with Crippen molar-refractivity contribution in [3.8, 4) is 16.9 Å². The number of carbonyl (C=O) groups is 1. The van der Waals surface area contributed by atoms with Gasteiger partial charge in [0.1, 0.15) is 5.75 Å². The summed E-state index contributed by atoms with van der Waals surface area (Å²) in [7, 11) is 0. The van der Waals surface area contributed by atoms with Crippen molar-refractivity contribution in [1.82, 2.24) is 5.43 Å². The maximum Gasteiger partial charge on any atom is 0.271 e. The molecule has 0 saturated carbocycles. The van der Waals surface area contributed by atoms with Crippen molar-refractivity contribution in [3.05, 3.63) is 88.4 Å². The van der Waals surface area contributed by atoms with Crippen LogP contribution in [0.1, 0.15) is 15.9 Å². The Morgan fingerprint density at radius 2 is 1.64 bits per heavy atom. The third kappa shape index (κ3) is 4.33. The fraction of sp³-hybridized carbons (Fsp3) is 0. The molecular formula is C20H15BrN2O2. The van der Waals surface area contributed by atoms with Gasteiger partial charge in [-0.1, -0.05) is 58.4 Å². The molecule has 3 rings (SSSR count). The second kappa shape index (κ2) is 7.77. The number of halogens is 1. The SMILES string of the molecule is O=C(N/N=C\c1cc(Br)ccc1O)c1ccc(-c2ccccc2)cc1. The maximum absolute atomic E-state index is 12.1. The van der Waals surface area contributed by atoms with Crippen LogP contribution in [0.2, 0.25) is 0 Å². The van der Waals surface area contributed by atoms with Gasteiger partial charge in [0.15, 0.2) is 0 Å². The van der Waals surface area contributed by atoms with Crippen molar-refractivity contribution in [2.24, 2.45) is 5.10 Å². The van der Waals surface area contributed by atoms with Crippen LogP contribution in [-0.4, -0.2) is 17.2 Å². The van der Waals surface area contributed by atoms with E-state index in [4.69, 9.17) is 0 Å². The molecule has 124 valence electrons. The third-order valence-electron chi connectivity index (χ3n) is 3.61. The Morgan fingerprint density at radius 3 is 2.36 bits per heavy atom. The van der Waals surface area contributed by atoms with Crippen LogP contribution in [-0.2, 0) is 0 Å². The van der Waals surface area contributed by atoms with Gasteiger partial charge in [-0.05, 0) is 41.5 Å². The van der Waals surface area contributed by atoms with Crippen LogP contribution in [0.3, 0.4) is 0 Å². The molecular weight excluding hydrogens is 380 g/mol. The summed E-state index contributed by atoms with van der Waals surface area (Å²) < 4.78 is 0.814. The predicted molar refractivity (Wildman–Crippen MR) is 103 cm³/mol. The number of nitrogens with one attached hydrogen (secondary N) is 1. The first kappa shape index (κ1) is 16.9. The Balaban J connectivity index is 1.67. The van der Waals surface area contributed by atoms with Crippen molar-refractivity contribution in [3.63, 3.8) is 0 Å². The minimum absolute atomic E-state index is 0.0911. The van der Waals surface area contributed by atoms with Gasteiger partial charge < -0.3 is 5.11 Å². The fourth-order valence-corrected chi connectivity index (χ4v) is 2.68. The highest BCUT2D eigenvalue weighted by atomic mass is 79.9. The van der Waals surface area contributed by atoms with Crippen LogP contribution in [0.25, 0.3) is 11.1 Å². The lowest BCUT2D eigenvalue weighted by Gasteiger charge is -2.04. The molecule has 1 amide bonds. The molecule has 0 unspecified atom stereocenters. The summed E-state index contributed by atoms with van der Waals surface area (Å²) in [6.07, 6.45) is 1.40. The molecule has 3 aromatic rings. The molecule has 0 aliphatic rings. The highest BCUT2D eigenvalue weighted by molar-refractivity contribution is 9.10. The Labute approximate surface area is 154 Å². The number of phenolic OH excluding ortho intramolecular Hbond substituents is 1. The molecule has 0 fully saturated rings. The Kier molecular flexibility index (Phi) is 5.26. The molecule has 0 aromatic heterocycles. The zero-order valence-electron chi connectivity index (χ0n) is 13.2. The first-order valence-electron chi connectivity index (χ1n) is 7.61. The summed E-state index contributed by atoms with van der Waals surface area (Å²) in [6, 6.07) is 22.2. The van der Waals surface area contributed by atoms with E-state index in [1.807, 2.05) is 42.5 Å². The van der Waals surface area contributed by atoms with Crippen molar-refractivity contribution >= 4 is 28.1 Å². The van der Waals surface area contributed by atoms with E-state index in [-0.39, 0.29) is 11.7 Å². The van der Waals surface area contributed by atoms with Gasteiger partial charge in [-0.3, -0.25) is 4.79 Å².